The van der Waals surface area contributed by atoms with E-state index in [-0.39, 0.29) is 16.8 Å². The molecule has 19 heavy (non-hydrogen) atoms. The van der Waals surface area contributed by atoms with Crippen LogP contribution in [0.3, 0.4) is 0 Å². The third-order valence-corrected chi connectivity index (χ3v) is 2.79. The van der Waals surface area contributed by atoms with Gasteiger partial charge in [0, 0.05) is 5.39 Å². The standard InChI is InChI=1S/C12H8ClN5O/c13-10-5-4-9(16-17-10)12(19)15-8-3-1-2-7-6-14-18-11(7)8/h1-6H,(H,14,18)(H,15,19). The highest BCUT2D eigenvalue weighted by atomic mass is 35.5. The van der Waals surface area contributed by atoms with E-state index in [4.69, 9.17) is 11.6 Å². The number of amides is 1. The minimum Gasteiger partial charge on any atom is -0.319 e. The Kier molecular flexibility index (Phi) is 2.85. The highest BCUT2D eigenvalue weighted by Crippen LogP contribution is 2.20. The van der Waals surface area contributed by atoms with Crippen LogP contribution in [-0.2, 0) is 0 Å². The van der Waals surface area contributed by atoms with Gasteiger partial charge in [-0.2, -0.15) is 5.10 Å². The number of H-pyrrole nitrogens is 1. The fourth-order valence-electron chi connectivity index (χ4n) is 1.70. The molecule has 3 rings (SSSR count). The molecular formula is C12H8ClN5O. The molecule has 1 aromatic carbocycles. The van der Waals surface area contributed by atoms with E-state index in [2.05, 4.69) is 25.7 Å². The Labute approximate surface area is 112 Å². The average Bonchev–Trinajstić information content (AvgIpc) is 2.89. The molecule has 3 aromatic rings. The maximum atomic E-state index is 12.0. The number of anilines is 1. The summed E-state index contributed by atoms with van der Waals surface area (Å²) in [5.74, 6) is -0.355. The number of rotatable bonds is 2. The molecule has 0 bridgehead atoms. The van der Waals surface area contributed by atoms with E-state index in [0.717, 1.165) is 10.9 Å². The number of hydrogen-bond acceptors (Lipinski definition) is 4. The molecule has 7 heteroatoms. The number of halogens is 1. The average molecular weight is 274 g/mol. The molecule has 2 heterocycles. The first kappa shape index (κ1) is 11.6. The molecule has 2 N–H and O–H groups in total. The molecule has 1 amide bonds. The molecule has 0 unspecified atom stereocenters. The number of aromatic amines is 1. The monoisotopic (exact) mass is 273 g/mol. The fourth-order valence-corrected chi connectivity index (χ4v) is 1.80. The van der Waals surface area contributed by atoms with Crippen molar-refractivity contribution in [1.82, 2.24) is 20.4 Å². The first-order valence-corrected chi connectivity index (χ1v) is 5.84. The van der Waals surface area contributed by atoms with E-state index in [1.165, 1.54) is 12.1 Å². The highest BCUT2D eigenvalue weighted by Gasteiger charge is 2.10. The summed E-state index contributed by atoms with van der Waals surface area (Å²) in [6.07, 6.45) is 1.69. The molecule has 0 aliphatic rings. The second-order valence-electron chi connectivity index (χ2n) is 3.84. The van der Waals surface area contributed by atoms with Crippen molar-refractivity contribution in [2.75, 3.05) is 5.32 Å². The zero-order valence-electron chi connectivity index (χ0n) is 9.59. The third kappa shape index (κ3) is 2.25. The van der Waals surface area contributed by atoms with E-state index in [1.807, 2.05) is 12.1 Å². The van der Waals surface area contributed by atoms with Crippen LogP contribution in [0.2, 0.25) is 5.15 Å². The van der Waals surface area contributed by atoms with Gasteiger partial charge in [0.2, 0.25) is 0 Å². The molecule has 0 spiro atoms. The topological polar surface area (TPSA) is 83.6 Å². The lowest BCUT2D eigenvalue weighted by atomic mass is 10.2. The Morgan fingerprint density at radius 2 is 2.11 bits per heavy atom. The van der Waals surface area contributed by atoms with Gasteiger partial charge in [-0.15, -0.1) is 10.2 Å². The second-order valence-corrected chi connectivity index (χ2v) is 4.22. The van der Waals surface area contributed by atoms with Crippen LogP contribution in [0.15, 0.2) is 36.5 Å². The van der Waals surface area contributed by atoms with Crippen molar-refractivity contribution < 1.29 is 4.79 Å². The van der Waals surface area contributed by atoms with Gasteiger partial charge in [0.25, 0.3) is 5.91 Å². The van der Waals surface area contributed by atoms with E-state index in [0.29, 0.717) is 5.69 Å². The Morgan fingerprint density at radius 1 is 1.21 bits per heavy atom. The Balaban J connectivity index is 1.90. The van der Waals surface area contributed by atoms with Gasteiger partial charge in [-0.25, -0.2) is 0 Å². The minimum absolute atomic E-state index is 0.195. The van der Waals surface area contributed by atoms with Gasteiger partial charge in [0.15, 0.2) is 10.8 Å². The molecule has 0 fully saturated rings. The molecule has 94 valence electrons. The highest BCUT2D eigenvalue weighted by molar-refractivity contribution is 6.29. The van der Waals surface area contributed by atoms with Crippen LogP contribution in [0, 0.1) is 0 Å². The van der Waals surface area contributed by atoms with Crippen molar-refractivity contribution in [3.8, 4) is 0 Å². The van der Waals surface area contributed by atoms with Crippen LogP contribution in [0.4, 0.5) is 5.69 Å². The summed E-state index contributed by atoms with van der Waals surface area (Å²) in [5.41, 5.74) is 1.59. The Bertz CT molecular complexity index is 737. The summed E-state index contributed by atoms with van der Waals surface area (Å²) >= 11 is 5.62. The SMILES string of the molecule is O=C(Nc1cccc2cn[nH]c12)c1ccc(Cl)nn1. The van der Waals surface area contributed by atoms with Gasteiger partial charge >= 0.3 is 0 Å². The van der Waals surface area contributed by atoms with Crippen molar-refractivity contribution in [1.29, 1.82) is 0 Å². The van der Waals surface area contributed by atoms with Crippen LogP contribution in [0.25, 0.3) is 10.9 Å². The first-order chi connectivity index (χ1) is 9.24. The number of aromatic nitrogens is 4. The lowest BCUT2D eigenvalue weighted by molar-refractivity contribution is 0.102. The van der Waals surface area contributed by atoms with Gasteiger partial charge in [0.05, 0.1) is 17.4 Å². The molecule has 0 radical (unpaired) electrons. The molecule has 0 aliphatic heterocycles. The van der Waals surface area contributed by atoms with Crippen molar-refractivity contribution >= 4 is 34.1 Å². The maximum Gasteiger partial charge on any atom is 0.276 e. The second kappa shape index (κ2) is 4.66. The third-order valence-electron chi connectivity index (χ3n) is 2.59. The quantitative estimate of drug-likeness (QED) is 0.750. The first-order valence-electron chi connectivity index (χ1n) is 5.47. The van der Waals surface area contributed by atoms with Crippen molar-refractivity contribution in [2.24, 2.45) is 0 Å². The fraction of sp³-hybridized carbons (Fsp3) is 0. The zero-order valence-corrected chi connectivity index (χ0v) is 10.3. The zero-order chi connectivity index (χ0) is 13.2. The number of carbonyl (C=O) groups is 1. The van der Waals surface area contributed by atoms with Crippen LogP contribution in [-0.4, -0.2) is 26.3 Å². The molecule has 0 saturated heterocycles. The number of hydrogen-bond donors (Lipinski definition) is 2. The Hall–Kier alpha value is -2.47. The molecule has 0 atom stereocenters. The normalized spacial score (nSPS) is 10.6. The molecule has 0 aliphatic carbocycles. The van der Waals surface area contributed by atoms with Crippen molar-refractivity contribution in [3.63, 3.8) is 0 Å². The van der Waals surface area contributed by atoms with Crippen molar-refractivity contribution in [2.45, 2.75) is 0 Å². The number of nitrogens with zero attached hydrogens (tertiary/aromatic N) is 3. The number of fused-ring (bicyclic) bond motifs is 1. The summed E-state index contributed by atoms with van der Waals surface area (Å²) in [5, 5.41) is 18.0. The summed E-state index contributed by atoms with van der Waals surface area (Å²) in [6, 6.07) is 8.54. The lowest BCUT2D eigenvalue weighted by Crippen LogP contribution is -2.14. The lowest BCUT2D eigenvalue weighted by Gasteiger charge is -2.05. The van der Waals surface area contributed by atoms with Crippen LogP contribution < -0.4 is 5.32 Å². The Morgan fingerprint density at radius 3 is 2.89 bits per heavy atom. The number of benzene rings is 1. The van der Waals surface area contributed by atoms with E-state index in [9.17, 15) is 4.79 Å². The van der Waals surface area contributed by atoms with Crippen LogP contribution in [0.5, 0.6) is 0 Å². The maximum absolute atomic E-state index is 12.0. The summed E-state index contributed by atoms with van der Waals surface area (Å²) in [7, 11) is 0. The summed E-state index contributed by atoms with van der Waals surface area (Å²) in [4.78, 5) is 12.0. The minimum atomic E-state index is -0.355. The van der Waals surface area contributed by atoms with E-state index in [1.54, 1.807) is 12.3 Å². The van der Waals surface area contributed by atoms with Gasteiger partial charge < -0.3 is 5.32 Å². The van der Waals surface area contributed by atoms with E-state index < -0.39 is 0 Å². The number of nitrogens with one attached hydrogen (secondary N) is 2. The van der Waals surface area contributed by atoms with Gasteiger partial charge in [-0.1, -0.05) is 23.7 Å². The van der Waals surface area contributed by atoms with Gasteiger partial charge in [-0.05, 0) is 18.2 Å². The smallest absolute Gasteiger partial charge is 0.276 e. The van der Waals surface area contributed by atoms with Gasteiger partial charge in [0.1, 0.15) is 0 Å². The van der Waals surface area contributed by atoms with Crippen LogP contribution in [0.1, 0.15) is 10.5 Å². The van der Waals surface area contributed by atoms with E-state index >= 15 is 0 Å². The summed E-state index contributed by atoms with van der Waals surface area (Å²) < 4.78 is 0. The van der Waals surface area contributed by atoms with Gasteiger partial charge in [-0.3, -0.25) is 9.89 Å². The number of para-hydroxylation sites is 1. The molecule has 0 saturated carbocycles. The molecule has 2 aromatic heterocycles. The number of carbonyl (C=O) groups excluding carboxylic acids is 1. The summed E-state index contributed by atoms with van der Waals surface area (Å²) in [6.45, 7) is 0. The predicted octanol–water partition coefficient (Wildman–Crippen LogP) is 2.26. The van der Waals surface area contributed by atoms with Crippen molar-refractivity contribution in [3.05, 3.63) is 47.4 Å². The largest absolute Gasteiger partial charge is 0.319 e. The molecular weight excluding hydrogens is 266 g/mol. The predicted molar refractivity (Wildman–Crippen MR) is 71.1 cm³/mol. The molecule has 6 nitrogen and oxygen atoms in total. The van der Waals surface area contributed by atoms with Crippen LogP contribution >= 0.6 is 11.6 Å².